The van der Waals surface area contributed by atoms with Crippen molar-refractivity contribution in [3.63, 3.8) is 0 Å². The molecule has 2 rings (SSSR count). The fraction of sp³-hybridized carbons (Fsp3) is 0.467. The van der Waals surface area contributed by atoms with E-state index in [4.69, 9.17) is 0 Å². The minimum atomic E-state index is -4.22. The van der Waals surface area contributed by atoms with Gasteiger partial charge in [0.05, 0.1) is 0 Å². The molecule has 0 unspecified atom stereocenters. The van der Waals surface area contributed by atoms with Crippen LogP contribution in [0.4, 0.5) is 13.2 Å². The molecule has 0 N–H and O–H groups in total. The van der Waals surface area contributed by atoms with Crippen LogP contribution in [0, 0.1) is 0 Å². The lowest BCUT2D eigenvalue weighted by Gasteiger charge is -2.26. The molecule has 1 aromatic rings. The van der Waals surface area contributed by atoms with Gasteiger partial charge in [-0.2, -0.15) is 13.2 Å². The smallest absolute Gasteiger partial charge is 0.160 e. The molecule has 104 valence electrons. The highest BCUT2D eigenvalue weighted by molar-refractivity contribution is 8.00. The van der Waals surface area contributed by atoms with Crippen molar-refractivity contribution in [1.82, 2.24) is 0 Å². The zero-order valence-electron chi connectivity index (χ0n) is 10.8. The molecule has 0 amide bonds. The number of benzene rings is 1. The SMILES string of the molecule is C[C@]1(c2cccc(SC(F)(F)F)c2)C=CCCCC1. The lowest BCUT2D eigenvalue weighted by molar-refractivity contribution is -0.0328. The van der Waals surface area contributed by atoms with E-state index < -0.39 is 5.51 Å². The summed E-state index contributed by atoms with van der Waals surface area (Å²) in [6.07, 6.45) is 8.62. The summed E-state index contributed by atoms with van der Waals surface area (Å²) in [4.78, 5) is 0.267. The third-order valence-electron chi connectivity index (χ3n) is 3.53. The Kier molecular flexibility index (Phi) is 4.29. The Bertz CT molecular complexity index is 465. The standard InChI is InChI=1S/C15H17F3S/c1-14(9-4-2-3-5-10-14)12-7-6-8-13(11-12)19-15(16,17)18/h4,6-9,11H,2-3,5,10H2,1H3/t14-/m0/s1. The highest BCUT2D eigenvalue weighted by Gasteiger charge is 2.30. The number of hydrogen-bond donors (Lipinski definition) is 0. The number of rotatable bonds is 2. The first-order valence-corrected chi connectivity index (χ1v) is 7.25. The first kappa shape index (κ1) is 14.5. The first-order chi connectivity index (χ1) is 8.89. The zero-order chi connectivity index (χ0) is 13.9. The maximum Gasteiger partial charge on any atom is 0.446 e. The van der Waals surface area contributed by atoms with E-state index in [1.54, 1.807) is 12.1 Å². The minimum absolute atomic E-state index is 0.0413. The molecular weight excluding hydrogens is 269 g/mol. The average molecular weight is 286 g/mol. The van der Waals surface area contributed by atoms with E-state index >= 15 is 0 Å². The van der Waals surface area contributed by atoms with Gasteiger partial charge in [-0.1, -0.05) is 37.6 Å². The number of alkyl halides is 3. The summed E-state index contributed by atoms with van der Waals surface area (Å²) in [5, 5.41) is 0. The number of halogens is 3. The summed E-state index contributed by atoms with van der Waals surface area (Å²) >= 11 is -0.0413. The molecule has 0 aliphatic heterocycles. The van der Waals surface area contributed by atoms with Crippen LogP contribution in [0.25, 0.3) is 0 Å². The van der Waals surface area contributed by atoms with Gasteiger partial charge in [0.15, 0.2) is 0 Å². The molecule has 0 saturated heterocycles. The van der Waals surface area contributed by atoms with Crippen LogP contribution in [0.1, 0.15) is 38.2 Å². The van der Waals surface area contributed by atoms with E-state index in [0.717, 1.165) is 31.2 Å². The van der Waals surface area contributed by atoms with Crippen molar-refractivity contribution in [3.05, 3.63) is 42.0 Å². The molecule has 0 radical (unpaired) electrons. The Hall–Kier alpha value is -0.900. The van der Waals surface area contributed by atoms with E-state index in [2.05, 4.69) is 19.1 Å². The summed E-state index contributed by atoms with van der Waals surface area (Å²) in [5.74, 6) is 0. The predicted octanol–water partition coefficient (Wildman–Crippen LogP) is 5.69. The molecule has 0 saturated carbocycles. The van der Waals surface area contributed by atoms with Crippen LogP contribution < -0.4 is 0 Å². The lowest BCUT2D eigenvalue weighted by atomic mass is 9.79. The summed E-state index contributed by atoms with van der Waals surface area (Å²) in [6, 6.07) is 6.84. The molecular formula is C15H17F3S. The van der Waals surface area contributed by atoms with Gasteiger partial charge in [0, 0.05) is 10.3 Å². The van der Waals surface area contributed by atoms with Crippen molar-refractivity contribution >= 4 is 11.8 Å². The normalized spacial score (nSPS) is 24.2. The van der Waals surface area contributed by atoms with Gasteiger partial charge in [0.25, 0.3) is 0 Å². The summed E-state index contributed by atoms with van der Waals surface area (Å²) in [7, 11) is 0. The Morgan fingerprint density at radius 3 is 2.74 bits per heavy atom. The van der Waals surface area contributed by atoms with Crippen LogP contribution in [0.5, 0.6) is 0 Å². The van der Waals surface area contributed by atoms with Crippen LogP contribution in [0.2, 0.25) is 0 Å². The molecule has 1 aromatic carbocycles. The average Bonchev–Trinajstić information content (AvgIpc) is 2.53. The van der Waals surface area contributed by atoms with Crippen molar-refractivity contribution < 1.29 is 13.2 Å². The topological polar surface area (TPSA) is 0 Å². The summed E-state index contributed by atoms with van der Waals surface area (Å²) in [6.45, 7) is 2.10. The Morgan fingerprint density at radius 2 is 2.00 bits per heavy atom. The quantitative estimate of drug-likeness (QED) is 0.497. The Labute approximate surface area is 116 Å². The van der Waals surface area contributed by atoms with Crippen LogP contribution >= 0.6 is 11.8 Å². The van der Waals surface area contributed by atoms with Gasteiger partial charge < -0.3 is 0 Å². The third-order valence-corrected chi connectivity index (χ3v) is 4.25. The van der Waals surface area contributed by atoms with Gasteiger partial charge in [-0.3, -0.25) is 0 Å². The molecule has 1 aliphatic carbocycles. The first-order valence-electron chi connectivity index (χ1n) is 6.43. The molecule has 0 heterocycles. The van der Waals surface area contributed by atoms with E-state index in [0.29, 0.717) is 0 Å². The Morgan fingerprint density at radius 1 is 1.21 bits per heavy atom. The summed E-state index contributed by atoms with van der Waals surface area (Å²) in [5.41, 5.74) is -3.39. The van der Waals surface area contributed by atoms with Crippen LogP contribution in [-0.2, 0) is 5.41 Å². The van der Waals surface area contributed by atoms with Crippen molar-refractivity contribution in [2.24, 2.45) is 0 Å². The second-order valence-electron chi connectivity index (χ2n) is 5.14. The van der Waals surface area contributed by atoms with Crippen LogP contribution in [0.3, 0.4) is 0 Å². The molecule has 1 aliphatic rings. The lowest BCUT2D eigenvalue weighted by Crippen LogP contribution is -2.18. The van der Waals surface area contributed by atoms with E-state index in [1.807, 2.05) is 6.07 Å². The number of allylic oxidation sites excluding steroid dienone is 2. The third kappa shape index (κ3) is 4.03. The van der Waals surface area contributed by atoms with E-state index in [9.17, 15) is 13.2 Å². The second kappa shape index (κ2) is 5.61. The number of thioether (sulfide) groups is 1. The van der Waals surface area contributed by atoms with Gasteiger partial charge in [-0.05, 0) is 48.7 Å². The van der Waals surface area contributed by atoms with Crippen LogP contribution in [0.15, 0.2) is 41.3 Å². The highest BCUT2D eigenvalue weighted by Crippen LogP contribution is 2.40. The maximum atomic E-state index is 12.4. The second-order valence-corrected chi connectivity index (χ2v) is 6.28. The fourth-order valence-electron chi connectivity index (χ4n) is 2.47. The molecule has 0 aromatic heterocycles. The molecule has 0 nitrogen and oxygen atoms in total. The maximum absolute atomic E-state index is 12.4. The molecule has 0 fully saturated rings. The predicted molar refractivity (Wildman–Crippen MR) is 73.3 cm³/mol. The molecule has 0 spiro atoms. The van der Waals surface area contributed by atoms with Gasteiger partial charge in [0.1, 0.15) is 0 Å². The molecule has 0 bridgehead atoms. The van der Waals surface area contributed by atoms with Crippen molar-refractivity contribution in [1.29, 1.82) is 0 Å². The molecule has 19 heavy (non-hydrogen) atoms. The van der Waals surface area contributed by atoms with Gasteiger partial charge in [-0.15, -0.1) is 0 Å². The van der Waals surface area contributed by atoms with Crippen molar-refractivity contribution in [2.45, 2.75) is 48.4 Å². The minimum Gasteiger partial charge on any atom is -0.160 e. The number of hydrogen-bond acceptors (Lipinski definition) is 1. The van der Waals surface area contributed by atoms with Crippen molar-refractivity contribution in [3.8, 4) is 0 Å². The fourth-order valence-corrected chi connectivity index (χ4v) is 3.07. The van der Waals surface area contributed by atoms with E-state index in [-0.39, 0.29) is 22.1 Å². The van der Waals surface area contributed by atoms with Crippen LogP contribution in [-0.4, -0.2) is 5.51 Å². The van der Waals surface area contributed by atoms with Gasteiger partial charge in [-0.25, -0.2) is 0 Å². The summed E-state index contributed by atoms with van der Waals surface area (Å²) < 4.78 is 37.3. The highest BCUT2D eigenvalue weighted by atomic mass is 32.2. The largest absolute Gasteiger partial charge is 0.446 e. The Balaban J connectivity index is 2.27. The van der Waals surface area contributed by atoms with Crippen molar-refractivity contribution in [2.75, 3.05) is 0 Å². The van der Waals surface area contributed by atoms with Gasteiger partial charge >= 0.3 is 5.51 Å². The monoisotopic (exact) mass is 286 g/mol. The van der Waals surface area contributed by atoms with E-state index in [1.165, 1.54) is 6.07 Å². The van der Waals surface area contributed by atoms with Gasteiger partial charge in [0.2, 0.25) is 0 Å². The molecule has 1 atom stereocenters. The molecule has 4 heteroatoms. The zero-order valence-corrected chi connectivity index (χ0v) is 11.7.